The van der Waals surface area contributed by atoms with Crippen molar-refractivity contribution in [1.82, 2.24) is 0 Å². The minimum atomic E-state index is 0.904. The van der Waals surface area contributed by atoms with Crippen LogP contribution >= 0.6 is 0 Å². The van der Waals surface area contributed by atoms with E-state index in [1.807, 2.05) is 6.08 Å². The Morgan fingerprint density at radius 3 is 2.53 bits per heavy atom. The van der Waals surface area contributed by atoms with E-state index in [9.17, 15) is 0 Å². The summed E-state index contributed by atoms with van der Waals surface area (Å²) in [6.45, 7) is 9.90. The van der Waals surface area contributed by atoms with E-state index in [4.69, 9.17) is 0 Å². The predicted octanol–water partition coefficient (Wildman–Crippen LogP) is 3.28. The van der Waals surface area contributed by atoms with Gasteiger partial charge in [0.1, 0.15) is 0 Å². The molecule has 82 valence electrons. The maximum absolute atomic E-state index is 3.78. The van der Waals surface area contributed by atoms with Crippen LogP contribution in [0.15, 0.2) is 30.9 Å². The highest BCUT2D eigenvalue weighted by Gasteiger charge is 2.01. The van der Waals surface area contributed by atoms with E-state index in [0.29, 0.717) is 0 Å². The Balaban J connectivity index is 2.91. The van der Waals surface area contributed by atoms with Crippen LogP contribution in [0.2, 0.25) is 0 Å². The molecule has 0 aromatic heterocycles. The highest BCUT2D eigenvalue weighted by atomic mass is 14.9. The van der Waals surface area contributed by atoms with Crippen molar-refractivity contribution in [2.45, 2.75) is 20.3 Å². The van der Waals surface area contributed by atoms with Crippen molar-refractivity contribution in [3.8, 4) is 0 Å². The molecule has 0 radical (unpaired) electrons. The Morgan fingerprint density at radius 2 is 1.93 bits per heavy atom. The first kappa shape index (κ1) is 11.6. The first-order valence-electron chi connectivity index (χ1n) is 5.53. The average molecular weight is 204 g/mol. The quantitative estimate of drug-likeness (QED) is 0.695. The summed E-state index contributed by atoms with van der Waals surface area (Å²) >= 11 is 0. The first-order valence-corrected chi connectivity index (χ1v) is 5.53. The van der Waals surface area contributed by atoms with Crippen LogP contribution < -0.4 is 10.6 Å². The summed E-state index contributed by atoms with van der Waals surface area (Å²) in [5, 5.41) is 6.67. The van der Waals surface area contributed by atoms with Crippen LogP contribution in [0.5, 0.6) is 0 Å². The highest BCUT2D eigenvalue weighted by Crippen LogP contribution is 2.21. The van der Waals surface area contributed by atoms with Crippen LogP contribution in [0.4, 0.5) is 11.4 Å². The summed E-state index contributed by atoms with van der Waals surface area (Å²) < 4.78 is 0. The van der Waals surface area contributed by atoms with Gasteiger partial charge in [-0.3, -0.25) is 0 Å². The van der Waals surface area contributed by atoms with Gasteiger partial charge < -0.3 is 10.6 Å². The fourth-order valence-electron chi connectivity index (χ4n) is 1.60. The van der Waals surface area contributed by atoms with Gasteiger partial charge in [0.05, 0.1) is 0 Å². The van der Waals surface area contributed by atoms with Gasteiger partial charge in [0.2, 0.25) is 0 Å². The van der Waals surface area contributed by atoms with Crippen LogP contribution in [0.25, 0.3) is 0 Å². The molecule has 0 spiro atoms. The highest BCUT2D eigenvalue weighted by molar-refractivity contribution is 5.60. The van der Waals surface area contributed by atoms with Gasteiger partial charge in [-0.1, -0.05) is 6.08 Å². The molecule has 0 aliphatic heterocycles. The third-order valence-electron chi connectivity index (χ3n) is 2.22. The number of allylic oxidation sites excluding steroid dienone is 1. The zero-order valence-corrected chi connectivity index (χ0v) is 9.64. The predicted molar refractivity (Wildman–Crippen MR) is 68.7 cm³/mol. The van der Waals surface area contributed by atoms with Gasteiger partial charge in [0, 0.05) is 24.5 Å². The second-order valence-electron chi connectivity index (χ2n) is 3.43. The molecule has 0 atom stereocenters. The lowest BCUT2D eigenvalue weighted by Crippen LogP contribution is -2.02. The summed E-state index contributed by atoms with van der Waals surface area (Å²) in [6.07, 6.45) is 2.84. The second kappa shape index (κ2) is 6.12. The van der Waals surface area contributed by atoms with E-state index in [-0.39, 0.29) is 0 Å². The first-order chi connectivity index (χ1) is 7.31. The molecule has 1 rings (SSSR count). The third kappa shape index (κ3) is 3.31. The molecule has 2 nitrogen and oxygen atoms in total. The maximum Gasteiger partial charge on any atom is 0.0377 e. The van der Waals surface area contributed by atoms with Crippen LogP contribution in [0, 0.1) is 0 Å². The zero-order valence-electron chi connectivity index (χ0n) is 9.64. The molecule has 2 heteroatoms. The smallest absolute Gasteiger partial charge is 0.0377 e. The van der Waals surface area contributed by atoms with Crippen LogP contribution in [-0.4, -0.2) is 13.1 Å². The van der Waals surface area contributed by atoms with Gasteiger partial charge in [-0.2, -0.15) is 0 Å². The average Bonchev–Trinajstić information content (AvgIpc) is 2.23. The van der Waals surface area contributed by atoms with E-state index in [2.05, 4.69) is 49.3 Å². The van der Waals surface area contributed by atoms with E-state index >= 15 is 0 Å². The Morgan fingerprint density at radius 1 is 1.20 bits per heavy atom. The maximum atomic E-state index is 3.78. The minimum Gasteiger partial charge on any atom is -0.385 e. The van der Waals surface area contributed by atoms with Gasteiger partial charge in [-0.15, -0.1) is 6.58 Å². The Bertz CT molecular complexity index is 318. The molecular formula is C13H20N2. The molecule has 0 heterocycles. The lowest BCUT2D eigenvalue weighted by Gasteiger charge is -2.12. The summed E-state index contributed by atoms with van der Waals surface area (Å²) in [7, 11) is 0. The zero-order chi connectivity index (χ0) is 11.1. The number of hydrogen-bond acceptors (Lipinski definition) is 2. The molecule has 0 fully saturated rings. The van der Waals surface area contributed by atoms with Gasteiger partial charge in [0.25, 0.3) is 0 Å². The third-order valence-corrected chi connectivity index (χ3v) is 2.22. The fourth-order valence-corrected chi connectivity index (χ4v) is 1.60. The van der Waals surface area contributed by atoms with Gasteiger partial charge >= 0.3 is 0 Å². The van der Waals surface area contributed by atoms with Crippen molar-refractivity contribution in [1.29, 1.82) is 0 Å². The van der Waals surface area contributed by atoms with Gasteiger partial charge in [-0.25, -0.2) is 0 Å². The largest absolute Gasteiger partial charge is 0.385 e. The molecule has 0 amide bonds. The minimum absolute atomic E-state index is 0.904. The van der Waals surface area contributed by atoms with Crippen molar-refractivity contribution in [3.05, 3.63) is 36.4 Å². The lowest BCUT2D eigenvalue weighted by molar-refractivity contribution is 1.16. The summed E-state index contributed by atoms with van der Waals surface area (Å²) in [5.41, 5.74) is 3.68. The molecule has 2 N–H and O–H groups in total. The molecule has 0 unspecified atom stereocenters. The molecule has 0 aliphatic carbocycles. The second-order valence-corrected chi connectivity index (χ2v) is 3.43. The fraction of sp³-hybridized carbons (Fsp3) is 0.385. The number of rotatable bonds is 6. The molecule has 1 aromatic carbocycles. The molecule has 1 aromatic rings. The molecule has 0 aliphatic rings. The molecular weight excluding hydrogens is 184 g/mol. The number of anilines is 2. The SMILES string of the molecule is C=CCc1cc(NCC)ccc1NCC. The molecule has 0 saturated heterocycles. The van der Waals surface area contributed by atoms with Crippen LogP contribution in [-0.2, 0) is 6.42 Å². The summed E-state index contributed by atoms with van der Waals surface area (Å²) in [6, 6.07) is 6.41. The van der Waals surface area contributed by atoms with Crippen LogP contribution in [0.3, 0.4) is 0 Å². The molecule has 0 saturated carbocycles. The van der Waals surface area contributed by atoms with Crippen molar-refractivity contribution >= 4 is 11.4 Å². The molecule has 15 heavy (non-hydrogen) atoms. The number of hydrogen-bond donors (Lipinski definition) is 2. The summed E-state index contributed by atoms with van der Waals surface area (Å²) in [5.74, 6) is 0. The van der Waals surface area contributed by atoms with Crippen molar-refractivity contribution in [2.75, 3.05) is 23.7 Å². The van der Waals surface area contributed by atoms with Crippen molar-refractivity contribution < 1.29 is 0 Å². The van der Waals surface area contributed by atoms with Crippen LogP contribution in [0.1, 0.15) is 19.4 Å². The van der Waals surface area contributed by atoms with E-state index in [1.54, 1.807) is 0 Å². The van der Waals surface area contributed by atoms with Gasteiger partial charge in [0.15, 0.2) is 0 Å². The Labute approximate surface area is 92.4 Å². The molecule has 0 bridgehead atoms. The van der Waals surface area contributed by atoms with Crippen molar-refractivity contribution in [2.24, 2.45) is 0 Å². The lowest BCUT2D eigenvalue weighted by atomic mass is 10.1. The van der Waals surface area contributed by atoms with E-state index in [0.717, 1.165) is 19.5 Å². The van der Waals surface area contributed by atoms with Crippen molar-refractivity contribution in [3.63, 3.8) is 0 Å². The van der Waals surface area contributed by atoms with E-state index < -0.39 is 0 Å². The Kier molecular flexibility index (Phi) is 4.75. The normalized spacial score (nSPS) is 9.73. The summed E-state index contributed by atoms with van der Waals surface area (Å²) in [4.78, 5) is 0. The van der Waals surface area contributed by atoms with E-state index in [1.165, 1.54) is 16.9 Å². The number of benzene rings is 1. The van der Waals surface area contributed by atoms with Gasteiger partial charge in [-0.05, 0) is 44.0 Å². The monoisotopic (exact) mass is 204 g/mol. The topological polar surface area (TPSA) is 24.1 Å². The Hall–Kier alpha value is -1.44. The number of nitrogens with one attached hydrogen (secondary N) is 2. The standard InChI is InChI=1S/C13H20N2/c1-4-7-11-10-12(14-5-2)8-9-13(11)15-6-3/h4,8-10,14-15H,1,5-7H2,2-3H3.